The third-order valence-corrected chi connectivity index (χ3v) is 1.51. The lowest BCUT2D eigenvalue weighted by molar-refractivity contribution is -0.150. The standard InChI is InChI=1S/C7H13NO2/c1-2-3-6(9)10-7(8)4-5-7/h2-5,8H2,1H3. The van der Waals surface area contributed by atoms with Crippen molar-refractivity contribution in [1.82, 2.24) is 0 Å². The van der Waals surface area contributed by atoms with Gasteiger partial charge in [-0.05, 0) is 6.42 Å². The Kier molecular flexibility index (Phi) is 1.94. The van der Waals surface area contributed by atoms with E-state index in [9.17, 15) is 4.79 Å². The van der Waals surface area contributed by atoms with E-state index in [1.54, 1.807) is 0 Å². The third-order valence-electron chi connectivity index (χ3n) is 1.51. The van der Waals surface area contributed by atoms with Crippen LogP contribution in [0.2, 0.25) is 0 Å². The highest BCUT2D eigenvalue weighted by Gasteiger charge is 2.42. The molecule has 3 heteroatoms. The third kappa shape index (κ3) is 1.99. The van der Waals surface area contributed by atoms with E-state index in [4.69, 9.17) is 10.5 Å². The Bertz CT molecular complexity index is 141. The zero-order valence-corrected chi connectivity index (χ0v) is 6.22. The second kappa shape index (κ2) is 2.58. The summed E-state index contributed by atoms with van der Waals surface area (Å²) >= 11 is 0. The van der Waals surface area contributed by atoms with Crippen molar-refractivity contribution in [2.45, 2.75) is 38.3 Å². The molecule has 0 spiro atoms. The molecule has 10 heavy (non-hydrogen) atoms. The Morgan fingerprint density at radius 2 is 2.30 bits per heavy atom. The molecule has 1 rings (SSSR count). The first-order valence-electron chi connectivity index (χ1n) is 3.67. The van der Waals surface area contributed by atoms with E-state index in [0.717, 1.165) is 19.3 Å². The molecule has 0 aromatic rings. The van der Waals surface area contributed by atoms with Crippen LogP contribution >= 0.6 is 0 Å². The Morgan fingerprint density at radius 3 is 2.70 bits per heavy atom. The van der Waals surface area contributed by atoms with E-state index in [0.29, 0.717) is 6.42 Å². The summed E-state index contributed by atoms with van der Waals surface area (Å²) in [6.07, 6.45) is 2.96. The summed E-state index contributed by atoms with van der Waals surface area (Å²) in [6, 6.07) is 0. The van der Waals surface area contributed by atoms with Gasteiger partial charge in [0.05, 0.1) is 0 Å². The van der Waals surface area contributed by atoms with Gasteiger partial charge in [-0.3, -0.25) is 10.5 Å². The molecule has 2 N–H and O–H groups in total. The molecule has 58 valence electrons. The first kappa shape index (κ1) is 7.54. The molecule has 0 amide bonds. The summed E-state index contributed by atoms with van der Waals surface area (Å²) in [6.45, 7) is 1.94. The topological polar surface area (TPSA) is 52.3 Å². The maximum absolute atomic E-state index is 10.8. The molecule has 0 aromatic heterocycles. The number of hydrogen-bond acceptors (Lipinski definition) is 3. The molecule has 0 aromatic carbocycles. The van der Waals surface area contributed by atoms with Crippen molar-refractivity contribution in [3.05, 3.63) is 0 Å². The number of ether oxygens (including phenoxy) is 1. The number of carbonyl (C=O) groups excluding carboxylic acids is 1. The minimum atomic E-state index is -0.577. The molecule has 1 aliphatic carbocycles. The van der Waals surface area contributed by atoms with Crippen molar-refractivity contribution in [2.24, 2.45) is 5.73 Å². The molecule has 1 saturated carbocycles. The second-order valence-corrected chi connectivity index (χ2v) is 2.79. The molecule has 0 unspecified atom stereocenters. The predicted molar refractivity (Wildman–Crippen MR) is 37.2 cm³/mol. The highest BCUT2D eigenvalue weighted by Crippen LogP contribution is 2.33. The summed E-state index contributed by atoms with van der Waals surface area (Å²) in [5.41, 5.74) is 4.96. The number of nitrogens with two attached hydrogens (primary N) is 1. The van der Waals surface area contributed by atoms with Gasteiger partial charge in [-0.25, -0.2) is 0 Å². The molecule has 0 atom stereocenters. The molecule has 3 nitrogen and oxygen atoms in total. The Hall–Kier alpha value is -0.570. The molecule has 0 saturated heterocycles. The van der Waals surface area contributed by atoms with E-state index in [1.807, 2.05) is 6.92 Å². The second-order valence-electron chi connectivity index (χ2n) is 2.79. The summed E-state index contributed by atoms with van der Waals surface area (Å²) in [4.78, 5) is 10.8. The van der Waals surface area contributed by atoms with Crippen LogP contribution in [0.5, 0.6) is 0 Å². The lowest BCUT2D eigenvalue weighted by Crippen LogP contribution is -2.28. The van der Waals surface area contributed by atoms with Gasteiger partial charge in [-0.15, -0.1) is 0 Å². The number of hydrogen-bond donors (Lipinski definition) is 1. The summed E-state index contributed by atoms with van der Waals surface area (Å²) in [7, 11) is 0. The van der Waals surface area contributed by atoms with E-state index in [1.165, 1.54) is 0 Å². The Morgan fingerprint density at radius 1 is 1.70 bits per heavy atom. The molecule has 0 radical (unpaired) electrons. The quantitative estimate of drug-likeness (QED) is 0.469. The maximum atomic E-state index is 10.8. The minimum absolute atomic E-state index is 0.164. The van der Waals surface area contributed by atoms with E-state index in [-0.39, 0.29) is 5.97 Å². The van der Waals surface area contributed by atoms with Gasteiger partial charge in [0.2, 0.25) is 0 Å². The van der Waals surface area contributed by atoms with Gasteiger partial charge in [-0.1, -0.05) is 6.92 Å². The van der Waals surface area contributed by atoms with Gasteiger partial charge in [0.15, 0.2) is 5.72 Å². The van der Waals surface area contributed by atoms with E-state index < -0.39 is 5.72 Å². The van der Waals surface area contributed by atoms with Crippen LogP contribution < -0.4 is 5.73 Å². The average molecular weight is 143 g/mol. The van der Waals surface area contributed by atoms with Crippen molar-refractivity contribution >= 4 is 5.97 Å². The molecule has 1 aliphatic rings. The smallest absolute Gasteiger partial charge is 0.307 e. The normalized spacial score (nSPS) is 20.2. The van der Waals surface area contributed by atoms with Gasteiger partial charge in [-0.2, -0.15) is 0 Å². The molecule has 0 aliphatic heterocycles. The molecular formula is C7H13NO2. The van der Waals surface area contributed by atoms with Crippen LogP contribution in [-0.4, -0.2) is 11.7 Å². The Balaban J connectivity index is 2.18. The number of rotatable bonds is 3. The molecule has 1 fully saturated rings. The van der Waals surface area contributed by atoms with E-state index >= 15 is 0 Å². The molecule has 0 heterocycles. The van der Waals surface area contributed by atoms with Crippen molar-refractivity contribution in [1.29, 1.82) is 0 Å². The van der Waals surface area contributed by atoms with Gasteiger partial charge < -0.3 is 4.74 Å². The minimum Gasteiger partial charge on any atom is -0.444 e. The van der Waals surface area contributed by atoms with Crippen molar-refractivity contribution in [3.63, 3.8) is 0 Å². The predicted octanol–water partition coefficient (Wildman–Crippen LogP) is 0.779. The monoisotopic (exact) mass is 143 g/mol. The van der Waals surface area contributed by atoms with Crippen LogP contribution in [0.15, 0.2) is 0 Å². The highest BCUT2D eigenvalue weighted by molar-refractivity contribution is 5.70. The number of esters is 1. The zero-order chi connectivity index (χ0) is 7.61. The lowest BCUT2D eigenvalue weighted by Gasteiger charge is -2.09. The first-order chi connectivity index (χ1) is 4.66. The molecule has 0 bridgehead atoms. The fourth-order valence-electron chi connectivity index (χ4n) is 0.707. The molecular weight excluding hydrogens is 130 g/mol. The van der Waals surface area contributed by atoms with Crippen LogP contribution in [0, 0.1) is 0 Å². The summed E-state index contributed by atoms with van der Waals surface area (Å²) < 4.78 is 4.93. The van der Waals surface area contributed by atoms with Crippen molar-refractivity contribution in [2.75, 3.05) is 0 Å². The van der Waals surface area contributed by atoms with Gasteiger partial charge >= 0.3 is 5.97 Å². The van der Waals surface area contributed by atoms with Crippen LogP contribution in [0.3, 0.4) is 0 Å². The van der Waals surface area contributed by atoms with E-state index in [2.05, 4.69) is 0 Å². The largest absolute Gasteiger partial charge is 0.444 e. The van der Waals surface area contributed by atoms with Crippen LogP contribution in [0.1, 0.15) is 32.6 Å². The van der Waals surface area contributed by atoms with Gasteiger partial charge in [0.1, 0.15) is 0 Å². The SMILES string of the molecule is CCCC(=O)OC1(N)CC1. The fraction of sp³-hybridized carbons (Fsp3) is 0.857. The Labute approximate surface area is 60.5 Å². The van der Waals surface area contributed by atoms with Crippen molar-refractivity contribution < 1.29 is 9.53 Å². The fourth-order valence-corrected chi connectivity index (χ4v) is 0.707. The zero-order valence-electron chi connectivity index (χ0n) is 6.22. The van der Waals surface area contributed by atoms with Crippen LogP contribution in [0.4, 0.5) is 0 Å². The van der Waals surface area contributed by atoms with Crippen molar-refractivity contribution in [3.8, 4) is 0 Å². The number of carbonyl (C=O) groups is 1. The average Bonchev–Trinajstić information content (AvgIpc) is 2.48. The van der Waals surface area contributed by atoms with Crippen LogP contribution in [0.25, 0.3) is 0 Å². The van der Waals surface area contributed by atoms with Gasteiger partial charge in [0.25, 0.3) is 0 Å². The highest BCUT2D eigenvalue weighted by atomic mass is 16.6. The lowest BCUT2D eigenvalue weighted by atomic mass is 10.3. The van der Waals surface area contributed by atoms with Gasteiger partial charge in [0, 0.05) is 19.3 Å². The summed E-state index contributed by atoms with van der Waals surface area (Å²) in [5.74, 6) is -0.164. The first-order valence-corrected chi connectivity index (χ1v) is 3.67. The van der Waals surface area contributed by atoms with Crippen LogP contribution in [-0.2, 0) is 9.53 Å². The maximum Gasteiger partial charge on any atom is 0.307 e. The summed E-state index contributed by atoms with van der Waals surface area (Å²) in [5, 5.41) is 0.